The van der Waals surface area contributed by atoms with Gasteiger partial charge in [0.05, 0.1) is 33.9 Å². The number of benzene rings is 4. The smallest absolute Gasteiger partial charge is 0.420 e. The van der Waals surface area contributed by atoms with Crippen LogP contribution in [0.15, 0.2) is 103 Å². The maximum absolute atomic E-state index is 13.1. The van der Waals surface area contributed by atoms with Crippen LogP contribution in [0.1, 0.15) is 11.1 Å². The molecule has 46 heavy (non-hydrogen) atoms. The minimum Gasteiger partial charge on any atom is -0.507 e. The third-order valence-electron chi connectivity index (χ3n) is 5.91. The molecule has 0 spiro atoms. The van der Waals surface area contributed by atoms with Crippen molar-refractivity contribution in [2.24, 2.45) is 20.5 Å². The van der Waals surface area contributed by atoms with Crippen LogP contribution in [0, 0.1) is 0 Å². The van der Waals surface area contributed by atoms with E-state index in [0.717, 1.165) is 36.4 Å². The number of phenols is 2. The molecule has 4 rings (SSSR count). The van der Waals surface area contributed by atoms with Crippen LogP contribution < -0.4 is 0 Å². The molecule has 0 atom stereocenters. The maximum Gasteiger partial charge on any atom is 0.420 e. The zero-order chi connectivity index (χ0) is 34.2. The second kappa shape index (κ2) is 12.1. The molecule has 0 radical (unpaired) electrons. The first-order valence-electron chi connectivity index (χ1n) is 12.0. The van der Waals surface area contributed by atoms with E-state index >= 15 is 0 Å². The molecule has 0 saturated heterocycles. The average Bonchev–Trinajstić information content (AvgIpc) is 2.94. The van der Waals surface area contributed by atoms with Crippen LogP contribution in [0.3, 0.4) is 0 Å². The Morgan fingerprint density at radius 3 is 1.04 bits per heavy atom. The molecule has 0 bridgehead atoms. The van der Waals surface area contributed by atoms with E-state index in [1.165, 1.54) is 0 Å². The Morgan fingerprint density at radius 2 is 0.761 bits per heavy atom. The van der Waals surface area contributed by atoms with Gasteiger partial charge in [0.1, 0.15) is 21.3 Å². The molecule has 0 aliphatic heterocycles. The van der Waals surface area contributed by atoms with Gasteiger partial charge in [0, 0.05) is 11.1 Å². The second-order valence-electron chi connectivity index (χ2n) is 9.11. The molecule has 0 aliphatic rings. The minimum atomic E-state index is -5.17. The first-order valence-corrected chi connectivity index (χ1v) is 14.9. The Hall–Kier alpha value is -4.92. The zero-order valence-electron chi connectivity index (χ0n) is 22.2. The van der Waals surface area contributed by atoms with Gasteiger partial charge >= 0.3 is 12.4 Å². The van der Waals surface area contributed by atoms with Gasteiger partial charge in [-0.25, -0.2) is 0 Å². The summed E-state index contributed by atoms with van der Waals surface area (Å²) in [5.41, 5.74) is -5.34. The van der Waals surface area contributed by atoms with Gasteiger partial charge in [0.25, 0.3) is 20.2 Å². The summed E-state index contributed by atoms with van der Waals surface area (Å²) in [4.78, 5) is -1.93. The molecule has 20 heteroatoms. The molecule has 0 saturated carbocycles. The monoisotopic (exact) mass is 690 g/mol. The van der Waals surface area contributed by atoms with Gasteiger partial charge < -0.3 is 10.2 Å². The van der Waals surface area contributed by atoms with Gasteiger partial charge in [-0.15, -0.1) is 0 Å². The van der Waals surface area contributed by atoms with Crippen molar-refractivity contribution >= 4 is 43.0 Å². The Balaban J connectivity index is 1.76. The minimum absolute atomic E-state index is 0.344. The summed E-state index contributed by atoms with van der Waals surface area (Å²) in [6, 6.07) is 9.64. The standard InChI is InChI=1S/C26H16F6N4O8S2/c27-25(28,29)19-9-13(3-7-21(19)37)33-35-15-1-5-17(23(11-15)45(39,40)41)18-6-2-16(12-24(18)46(42,43)44)36-34-14-4-8-22(38)20(10-14)26(30,31)32/h1-12,37-38H,(H,39,40,41)(H,42,43,44). The van der Waals surface area contributed by atoms with E-state index in [1.807, 2.05) is 0 Å². The van der Waals surface area contributed by atoms with Crippen molar-refractivity contribution in [1.82, 2.24) is 0 Å². The van der Waals surface area contributed by atoms with Crippen LogP contribution >= 0.6 is 0 Å². The molecule has 0 aromatic heterocycles. The number of aromatic hydroxyl groups is 2. The van der Waals surface area contributed by atoms with E-state index in [4.69, 9.17) is 0 Å². The number of azo groups is 2. The van der Waals surface area contributed by atoms with Crippen molar-refractivity contribution in [2.45, 2.75) is 22.1 Å². The quantitative estimate of drug-likeness (QED) is 0.0846. The highest BCUT2D eigenvalue weighted by molar-refractivity contribution is 7.86. The topological polar surface area (TPSA) is 199 Å². The third-order valence-corrected chi connectivity index (χ3v) is 7.70. The predicted molar refractivity (Wildman–Crippen MR) is 146 cm³/mol. The molecule has 4 aromatic carbocycles. The number of rotatable bonds is 7. The average molecular weight is 691 g/mol. The fraction of sp³-hybridized carbons (Fsp3) is 0.0769. The molecule has 4 N–H and O–H groups in total. The van der Waals surface area contributed by atoms with E-state index in [2.05, 4.69) is 20.5 Å². The lowest BCUT2D eigenvalue weighted by molar-refractivity contribution is -0.139. The Labute approximate surface area is 254 Å². The molecule has 0 unspecified atom stereocenters. The second-order valence-corrected chi connectivity index (χ2v) is 11.9. The number of phenolic OH excluding ortho intramolecular Hbond substituents is 2. The van der Waals surface area contributed by atoms with Crippen LogP contribution in [-0.2, 0) is 32.6 Å². The third kappa shape index (κ3) is 7.83. The summed E-state index contributed by atoms with van der Waals surface area (Å²) in [5, 5.41) is 33.2. The zero-order valence-corrected chi connectivity index (χ0v) is 23.9. The first-order chi connectivity index (χ1) is 21.1. The summed E-state index contributed by atoms with van der Waals surface area (Å²) >= 11 is 0. The fourth-order valence-electron chi connectivity index (χ4n) is 3.88. The van der Waals surface area contributed by atoms with Gasteiger partial charge in [-0.05, 0) is 60.7 Å². The van der Waals surface area contributed by atoms with E-state index in [1.54, 1.807) is 0 Å². The molecular formula is C26H16F6N4O8S2. The summed E-state index contributed by atoms with van der Waals surface area (Å²) in [7, 11) is -10.3. The molecule has 12 nitrogen and oxygen atoms in total. The van der Waals surface area contributed by atoms with E-state index in [-0.39, 0.29) is 11.4 Å². The van der Waals surface area contributed by atoms with Crippen molar-refractivity contribution in [3.8, 4) is 22.6 Å². The van der Waals surface area contributed by atoms with Gasteiger partial charge in [-0.2, -0.15) is 63.6 Å². The summed E-state index contributed by atoms with van der Waals surface area (Å²) < 4.78 is 147. The summed E-state index contributed by atoms with van der Waals surface area (Å²) in [6.07, 6.45) is -9.86. The van der Waals surface area contributed by atoms with Gasteiger partial charge in [-0.1, -0.05) is 12.1 Å². The highest BCUT2D eigenvalue weighted by Gasteiger charge is 2.35. The van der Waals surface area contributed by atoms with Crippen molar-refractivity contribution < 1.29 is 62.5 Å². The molecule has 4 aromatic rings. The highest BCUT2D eigenvalue weighted by atomic mass is 32.2. The van der Waals surface area contributed by atoms with Crippen LogP contribution in [0.2, 0.25) is 0 Å². The number of hydrogen-bond donors (Lipinski definition) is 4. The molecule has 0 fully saturated rings. The van der Waals surface area contributed by atoms with Crippen molar-refractivity contribution in [2.75, 3.05) is 0 Å². The molecule has 242 valence electrons. The first kappa shape index (κ1) is 34.0. The van der Waals surface area contributed by atoms with Gasteiger partial charge in [0.15, 0.2) is 0 Å². The van der Waals surface area contributed by atoms with E-state index in [9.17, 15) is 62.5 Å². The lowest BCUT2D eigenvalue weighted by Crippen LogP contribution is -2.05. The number of alkyl halides is 6. The normalized spacial score (nSPS) is 13.1. The van der Waals surface area contributed by atoms with Crippen molar-refractivity contribution in [3.05, 3.63) is 83.9 Å². The number of halogens is 6. The molecule has 0 heterocycles. The lowest BCUT2D eigenvalue weighted by atomic mass is 10.0. The van der Waals surface area contributed by atoms with Gasteiger partial charge in [-0.3, -0.25) is 9.11 Å². The Morgan fingerprint density at radius 1 is 0.478 bits per heavy atom. The molecule has 0 aliphatic carbocycles. The molecule has 0 amide bonds. The Bertz CT molecular complexity index is 1970. The molecular weight excluding hydrogens is 674 g/mol. The van der Waals surface area contributed by atoms with Crippen LogP contribution in [0.5, 0.6) is 11.5 Å². The van der Waals surface area contributed by atoms with Crippen LogP contribution in [0.4, 0.5) is 49.1 Å². The fourth-order valence-corrected chi connectivity index (χ4v) is 5.33. The maximum atomic E-state index is 13.1. The summed E-state index contributed by atoms with van der Waals surface area (Å²) in [6.45, 7) is 0. The summed E-state index contributed by atoms with van der Waals surface area (Å²) in [5.74, 6) is -2.16. The van der Waals surface area contributed by atoms with Gasteiger partial charge in [0.2, 0.25) is 0 Å². The van der Waals surface area contributed by atoms with E-state index < -0.39 is 87.5 Å². The van der Waals surface area contributed by atoms with Crippen molar-refractivity contribution in [1.29, 1.82) is 0 Å². The number of nitrogens with zero attached hydrogens (tertiary/aromatic N) is 4. The lowest BCUT2D eigenvalue weighted by Gasteiger charge is -2.12. The van der Waals surface area contributed by atoms with Crippen LogP contribution in [0.25, 0.3) is 11.1 Å². The number of hydrogen-bond acceptors (Lipinski definition) is 10. The largest absolute Gasteiger partial charge is 0.507 e. The van der Waals surface area contributed by atoms with E-state index in [0.29, 0.717) is 36.4 Å². The van der Waals surface area contributed by atoms with Crippen molar-refractivity contribution in [3.63, 3.8) is 0 Å². The Kier molecular flexibility index (Phi) is 8.95. The van der Waals surface area contributed by atoms with Crippen LogP contribution in [-0.4, -0.2) is 36.2 Å². The SMILES string of the molecule is O=S(=O)(O)c1cc(N=Nc2ccc(O)c(C(F)(F)F)c2)ccc1-c1ccc(N=Nc2ccc(O)c(C(F)(F)F)c2)cc1S(=O)(=O)O. The predicted octanol–water partition coefficient (Wildman–Crippen LogP) is 8.13. The highest BCUT2D eigenvalue weighted by Crippen LogP contribution is 2.41.